The number of benzene rings is 1. The fourth-order valence-corrected chi connectivity index (χ4v) is 1.98. The van der Waals surface area contributed by atoms with E-state index >= 15 is 0 Å². The number of carboxylic acid groups (broad SMARTS) is 1. The summed E-state index contributed by atoms with van der Waals surface area (Å²) in [4.78, 5) is 11.1. The number of aromatic carboxylic acids is 1. The number of H-pyrrole nitrogens is 1. The first-order valence-corrected chi connectivity index (χ1v) is 5.81. The van der Waals surface area contributed by atoms with Crippen molar-refractivity contribution in [2.24, 2.45) is 0 Å². The van der Waals surface area contributed by atoms with Crippen molar-refractivity contribution in [3.05, 3.63) is 41.1 Å². The van der Waals surface area contributed by atoms with Gasteiger partial charge in [0.1, 0.15) is 11.3 Å². The number of nitrogens with two attached hydrogens (primary N) is 1. The quantitative estimate of drug-likeness (QED) is 0.756. The van der Waals surface area contributed by atoms with Gasteiger partial charge in [-0.25, -0.2) is 4.79 Å². The molecule has 2 aromatic rings. The van der Waals surface area contributed by atoms with E-state index in [1.54, 1.807) is 7.11 Å². The number of nitrogens with one attached hydrogen (secondary N) is 1. The summed E-state index contributed by atoms with van der Waals surface area (Å²) in [5, 5.41) is 15.5. The Labute approximate surface area is 110 Å². The Morgan fingerprint density at radius 2 is 2.16 bits per heavy atom. The minimum atomic E-state index is -1.07. The molecule has 6 heteroatoms. The van der Waals surface area contributed by atoms with Crippen molar-refractivity contribution in [2.75, 3.05) is 12.8 Å². The fraction of sp³-hybridized carbons (Fsp3) is 0.231. The molecule has 0 radical (unpaired) electrons. The molecule has 0 amide bonds. The molecule has 0 bridgehead atoms. The Balaban J connectivity index is 2.17. The maximum atomic E-state index is 11.1. The number of hydrogen-bond acceptors (Lipinski definition) is 4. The molecule has 1 heterocycles. The average molecular weight is 261 g/mol. The Kier molecular flexibility index (Phi) is 3.70. The van der Waals surface area contributed by atoms with E-state index in [0.29, 0.717) is 18.5 Å². The van der Waals surface area contributed by atoms with Crippen LogP contribution < -0.4 is 10.5 Å². The lowest BCUT2D eigenvalue weighted by Crippen LogP contribution is -2.05. The van der Waals surface area contributed by atoms with Crippen molar-refractivity contribution in [1.29, 1.82) is 0 Å². The number of hydrogen-bond donors (Lipinski definition) is 3. The van der Waals surface area contributed by atoms with E-state index in [9.17, 15) is 4.79 Å². The maximum absolute atomic E-state index is 11.1. The van der Waals surface area contributed by atoms with Crippen LogP contribution in [0.25, 0.3) is 0 Å². The average Bonchev–Trinajstić information content (AvgIpc) is 2.78. The number of carboxylic acids is 1. The lowest BCUT2D eigenvalue weighted by Gasteiger charge is -2.07. The molecule has 4 N–H and O–H groups in total. The van der Waals surface area contributed by atoms with E-state index < -0.39 is 5.97 Å². The predicted molar refractivity (Wildman–Crippen MR) is 70.4 cm³/mol. The van der Waals surface area contributed by atoms with Crippen LogP contribution in [0.3, 0.4) is 0 Å². The summed E-state index contributed by atoms with van der Waals surface area (Å²) in [6.45, 7) is 0. The third-order valence-corrected chi connectivity index (χ3v) is 2.92. The van der Waals surface area contributed by atoms with Crippen LogP contribution in [-0.2, 0) is 12.8 Å². The molecule has 1 aromatic carbocycles. The van der Waals surface area contributed by atoms with Crippen LogP contribution in [0.1, 0.15) is 21.6 Å². The maximum Gasteiger partial charge on any atom is 0.341 e. The van der Waals surface area contributed by atoms with Gasteiger partial charge in [-0.2, -0.15) is 5.10 Å². The molecule has 0 aliphatic carbocycles. The van der Waals surface area contributed by atoms with E-state index in [2.05, 4.69) is 10.2 Å². The van der Waals surface area contributed by atoms with Crippen LogP contribution in [0.2, 0.25) is 0 Å². The monoisotopic (exact) mass is 261 g/mol. The highest BCUT2D eigenvalue weighted by atomic mass is 16.5. The second-order valence-corrected chi connectivity index (χ2v) is 4.08. The SMILES string of the molecule is COc1ccccc1CCc1[nH]nc(N)c1C(=O)O. The highest BCUT2D eigenvalue weighted by Gasteiger charge is 2.17. The van der Waals surface area contributed by atoms with Gasteiger partial charge in [-0.3, -0.25) is 5.10 Å². The summed E-state index contributed by atoms with van der Waals surface area (Å²) in [6.07, 6.45) is 1.15. The minimum Gasteiger partial charge on any atom is -0.496 e. The lowest BCUT2D eigenvalue weighted by atomic mass is 10.0. The van der Waals surface area contributed by atoms with Gasteiger partial charge < -0.3 is 15.6 Å². The molecular weight excluding hydrogens is 246 g/mol. The van der Waals surface area contributed by atoms with Gasteiger partial charge in [0.15, 0.2) is 5.82 Å². The number of nitrogens with zero attached hydrogens (tertiary/aromatic N) is 1. The summed E-state index contributed by atoms with van der Waals surface area (Å²) >= 11 is 0. The van der Waals surface area contributed by atoms with E-state index in [0.717, 1.165) is 11.3 Å². The second kappa shape index (κ2) is 5.43. The third-order valence-electron chi connectivity index (χ3n) is 2.92. The van der Waals surface area contributed by atoms with Crippen molar-refractivity contribution < 1.29 is 14.6 Å². The zero-order valence-corrected chi connectivity index (χ0v) is 10.5. The minimum absolute atomic E-state index is 0.0162. The summed E-state index contributed by atoms with van der Waals surface area (Å²) < 4.78 is 5.25. The zero-order chi connectivity index (χ0) is 13.8. The zero-order valence-electron chi connectivity index (χ0n) is 10.5. The van der Waals surface area contributed by atoms with Gasteiger partial charge in [0, 0.05) is 0 Å². The van der Waals surface area contributed by atoms with Crippen molar-refractivity contribution in [3.63, 3.8) is 0 Å². The first kappa shape index (κ1) is 12.9. The number of rotatable bonds is 5. The summed E-state index contributed by atoms with van der Waals surface area (Å²) in [7, 11) is 1.61. The fourth-order valence-electron chi connectivity index (χ4n) is 1.98. The standard InChI is InChI=1S/C13H15N3O3/c1-19-10-5-3-2-4-8(10)6-7-9-11(13(17)18)12(14)16-15-9/h2-5H,6-7H2,1H3,(H,17,18)(H3,14,15,16). The number of aromatic amines is 1. The first-order chi connectivity index (χ1) is 9.13. The molecule has 0 aliphatic rings. The van der Waals surface area contributed by atoms with Gasteiger partial charge >= 0.3 is 5.97 Å². The van der Waals surface area contributed by atoms with Gasteiger partial charge in [-0.15, -0.1) is 0 Å². The molecule has 2 rings (SSSR count). The highest BCUT2D eigenvalue weighted by molar-refractivity contribution is 5.93. The molecule has 0 aliphatic heterocycles. The Hall–Kier alpha value is -2.50. The number of carbonyl (C=O) groups is 1. The molecule has 0 unspecified atom stereocenters. The van der Waals surface area contributed by atoms with Crippen LogP contribution in [-0.4, -0.2) is 28.4 Å². The van der Waals surface area contributed by atoms with Gasteiger partial charge in [-0.05, 0) is 24.5 Å². The normalized spacial score (nSPS) is 10.4. The van der Waals surface area contributed by atoms with E-state index in [-0.39, 0.29) is 11.4 Å². The van der Waals surface area contributed by atoms with Gasteiger partial charge in [0.2, 0.25) is 0 Å². The van der Waals surface area contributed by atoms with Gasteiger partial charge in [-0.1, -0.05) is 18.2 Å². The second-order valence-electron chi connectivity index (χ2n) is 4.08. The molecule has 0 saturated heterocycles. The van der Waals surface area contributed by atoms with Crippen LogP contribution in [0.15, 0.2) is 24.3 Å². The number of methoxy groups -OCH3 is 1. The van der Waals surface area contributed by atoms with E-state index in [1.165, 1.54) is 0 Å². The first-order valence-electron chi connectivity index (χ1n) is 5.81. The molecule has 0 saturated carbocycles. The molecule has 0 atom stereocenters. The van der Waals surface area contributed by atoms with Crippen LogP contribution in [0, 0.1) is 0 Å². The highest BCUT2D eigenvalue weighted by Crippen LogP contribution is 2.21. The number of aryl methyl sites for hydroxylation is 2. The van der Waals surface area contributed by atoms with Crippen molar-refractivity contribution in [2.45, 2.75) is 12.8 Å². The van der Waals surface area contributed by atoms with Gasteiger partial charge in [0.25, 0.3) is 0 Å². The number of ether oxygens (including phenoxy) is 1. The van der Waals surface area contributed by atoms with Crippen LogP contribution in [0.4, 0.5) is 5.82 Å². The third kappa shape index (κ3) is 2.67. The van der Waals surface area contributed by atoms with Crippen molar-refractivity contribution in [1.82, 2.24) is 10.2 Å². The van der Waals surface area contributed by atoms with Crippen LogP contribution in [0.5, 0.6) is 5.75 Å². The predicted octanol–water partition coefficient (Wildman–Crippen LogP) is 1.48. The van der Waals surface area contributed by atoms with E-state index in [4.69, 9.17) is 15.6 Å². The largest absolute Gasteiger partial charge is 0.496 e. The molecule has 1 aromatic heterocycles. The number of para-hydroxylation sites is 1. The number of aromatic nitrogens is 2. The van der Waals surface area contributed by atoms with Crippen molar-refractivity contribution in [3.8, 4) is 5.75 Å². The lowest BCUT2D eigenvalue weighted by molar-refractivity contribution is 0.0697. The molecule has 0 spiro atoms. The molecular formula is C13H15N3O3. The Bertz CT molecular complexity index is 593. The van der Waals surface area contributed by atoms with Gasteiger partial charge in [0.05, 0.1) is 12.8 Å². The molecule has 100 valence electrons. The molecule has 0 fully saturated rings. The number of nitrogen functional groups attached to an aromatic ring is 1. The van der Waals surface area contributed by atoms with E-state index in [1.807, 2.05) is 24.3 Å². The topological polar surface area (TPSA) is 101 Å². The Morgan fingerprint density at radius 1 is 1.42 bits per heavy atom. The summed E-state index contributed by atoms with van der Waals surface area (Å²) in [5.41, 5.74) is 7.10. The van der Waals surface area contributed by atoms with Crippen molar-refractivity contribution >= 4 is 11.8 Å². The number of anilines is 1. The summed E-state index contributed by atoms with van der Waals surface area (Å²) in [5.74, 6) is -0.268. The molecule has 6 nitrogen and oxygen atoms in total. The summed E-state index contributed by atoms with van der Waals surface area (Å²) in [6, 6.07) is 7.62. The van der Waals surface area contributed by atoms with Crippen LogP contribution >= 0.6 is 0 Å². The molecule has 19 heavy (non-hydrogen) atoms. The smallest absolute Gasteiger partial charge is 0.341 e. The Morgan fingerprint density at radius 3 is 2.84 bits per heavy atom.